The van der Waals surface area contributed by atoms with Gasteiger partial charge in [-0.25, -0.2) is 0 Å². The summed E-state index contributed by atoms with van der Waals surface area (Å²) in [5, 5.41) is 0. The van der Waals surface area contributed by atoms with E-state index in [1.165, 1.54) is 12.8 Å². The first-order chi connectivity index (χ1) is 10.0. The van der Waals surface area contributed by atoms with E-state index in [0.29, 0.717) is 5.92 Å². The second kappa shape index (κ2) is 7.15. The highest BCUT2D eigenvalue weighted by molar-refractivity contribution is 5.77. The monoisotopic (exact) mass is 325 g/mol. The molecule has 2 unspecified atom stereocenters. The summed E-state index contributed by atoms with van der Waals surface area (Å²) in [6, 6.07) is 0. The van der Waals surface area contributed by atoms with E-state index < -0.39 is 0 Å². The van der Waals surface area contributed by atoms with Gasteiger partial charge in [0, 0.05) is 5.92 Å². The lowest BCUT2D eigenvalue weighted by atomic mass is 9.50. The Morgan fingerprint density at radius 3 is 1.65 bits per heavy atom. The van der Waals surface area contributed by atoms with E-state index in [1.54, 1.807) is 0 Å². The largest absolute Gasteiger partial charge is 0.369 e. The molecule has 0 spiro atoms. The molecule has 0 aromatic carbocycles. The Bertz CT molecular complexity index is 399. The average Bonchev–Trinajstić information content (AvgIpc) is 2.33. The predicted molar refractivity (Wildman–Crippen MR) is 102 cm³/mol. The fourth-order valence-corrected chi connectivity index (χ4v) is 4.17. The second-order valence-electron chi connectivity index (χ2n) is 10.6. The zero-order valence-electron chi connectivity index (χ0n) is 17.8. The Morgan fingerprint density at radius 1 is 0.913 bits per heavy atom. The van der Waals surface area contributed by atoms with E-state index in [2.05, 4.69) is 76.2 Å². The Morgan fingerprint density at radius 2 is 1.35 bits per heavy atom. The van der Waals surface area contributed by atoms with Crippen molar-refractivity contribution < 1.29 is 4.79 Å². The van der Waals surface area contributed by atoms with Crippen LogP contribution in [0.3, 0.4) is 0 Å². The van der Waals surface area contributed by atoms with Crippen molar-refractivity contribution >= 4 is 5.91 Å². The van der Waals surface area contributed by atoms with Crippen molar-refractivity contribution in [3.63, 3.8) is 0 Å². The van der Waals surface area contributed by atoms with Crippen LogP contribution in [0.2, 0.25) is 0 Å². The molecule has 0 aliphatic carbocycles. The summed E-state index contributed by atoms with van der Waals surface area (Å²) in [4.78, 5) is 12.3. The molecule has 0 bridgehead atoms. The number of primary amides is 1. The number of nitrogens with two attached hydrogens (primary N) is 1. The van der Waals surface area contributed by atoms with E-state index >= 15 is 0 Å². The average molecular weight is 326 g/mol. The molecule has 0 aliphatic heterocycles. The van der Waals surface area contributed by atoms with E-state index in [-0.39, 0.29) is 33.5 Å². The molecular formula is C21H43NO. The number of amides is 1. The highest BCUT2D eigenvalue weighted by atomic mass is 16.1. The van der Waals surface area contributed by atoms with Gasteiger partial charge in [0.15, 0.2) is 0 Å². The fraction of sp³-hybridized carbons (Fsp3) is 0.952. The number of carbonyl (C=O) groups excluding carboxylic acids is 1. The van der Waals surface area contributed by atoms with Crippen molar-refractivity contribution in [3.8, 4) is 0 Å². The molecule has 0 radical (unpaired) electrons. The van der Waals surface area contributed by atoms with Gasteiger partial charge in [0.1, 0.15) is 0 Å². The van der Waals surface area contributed by atoms with Crippen LogP contribution in [0, 0.1) is 33.5 Å². The summed E-state index contributed by atoms with van der Waals surface area (Å²) < 4.78 is 0. The summed E-state index contributed by atoms with van der Waals surface area (Å²) in [5.41, 5.74) is 6.05. The molecule has 1 amide bonds. The third-order valence-electron chi connectivity index (χ3n) is 6.84. The molecule has 0 saturated heterocycles. The summed E-state index contributed by atoms with van der Waals surface area (Å²) >= 11 is 0. The molecule has 2 N–H and O–H groups in total. The number of carbonyl (C=O) groups is 1. The van der Waals surface area contributed by atoms with Gasteiger partial charge in [-0.3, -0.25) is 4.79 Å². The lowest BCUT2D eigenvalue weighted by Gasteiger charge is -2.54. The minimum atomic E-state index is -0.156. The molecule has 138 valence electrons. The quantitative estimate of drug-likeness (QED) is 0.581. The number of hydrogen-bond acceptors (Lipinski definition) is 1. The maximum atomic E-state index is 12.3. The van der Waals surface area contributed by atoms with Crippen LogP contribution in [0.1, 0.15) is 95.4 Å². The minimum absolute atomic E-state index is 0.0105. The minimum Gasteiger partial charge on any atom is -0.369 e. The van der Waals surface area contributed by atoms with Gasteiger partial charge in [0.25, 0.3) is 0 Å². The number of hydrogen-bond donors (Lipinski definition) is 1. The molecule has 2 nitrogen and oxygen atoms in total. The lowest BCUT2D eigenvalue weighted by Crippen LogP contribution is -2.51. The van der Waals surface area contributed by atoms with Crippen molar-refractivity contribution in [2.75, 3.05) is 0 Å². The SMILES string of the molecule is CCCC(C)(C)C(C)C(C)(C)C(C)(C)C(CC(C)(C)C)C(N)=O. The van der Waals surface area contributed by atoms with Gasteiger partial charge < -0.3 is 5.73 Å². The van der Waals surface area contributed by atoms with Crippen LogP contribution in [0.15, 0.2) is 0 Å². The normalized spacial score (nSPS) is 17.0. The third-order valence-corrected chi connectivity index (χ3v) is 6.84. The second-order valence-corrected chi connectivity index (χ2v) is 10.6. The van der Waals surface area contributed by atoms with E-state index in [9.17, 15) is 4.79 Å². The van der Waals surface area contributed by atoms with E-state index in [0.717, 1.165) is 6.42 Å². The van der Waals surface area contributed by atoms with Crippen LogP contribution in [0.4, 0.5) is 0 Å². The topological polar surface area (TPSA) is 43.1 Å². The first kappa shape index (κ1) is 22.5. The van der Waals surface area contributed by atoms with Crippen molar-refractivity contribution in [2.24, 2.45) is 39.2 Å². The van der Waals surface area contributed by atoms with Crippen LogP contribution in [-0.4, -0.2) is 5.91 Å². The van der Waals surface area contributed by atoms with Crippen molar-refractivity contribution in [1.82, 2.24) is 0 Å². The molecule has 0 aromatic rings. The van der Waals surface area contributed by atoms with Gasteiger partial charge in [-0.05, 0) is 40.4 Å². The van der Waals surface area contributed by atoms with Gasteiger partial charge >= 0.3 is 0 Å². The van der Waals surface area contributed by atoms with Gasteiger partial charge in [0.05, 0.1) is 0 Å². The Labute approximate surface area is 146 Å². The predicted octanol–water partition coefficient (Wildman–Crippen LogP) is 6.04. The molecule has 2 atom stereocenters. The van der Waals surface area contributed by atoms with Gasteiger partial charge in [-0.1, -0.05) is 82.6 Å². The molecular weight excluding hydrogens is 282 g/mol. The summed E-state index contributed by atoms with van der Waals surface area (Å²) in [7, 11) is 0. The number of rotatable bonds is 8. The summed E-state index contributed by atoms with van der Waals surface area (Å²) in [6.07, 6.45) is 3.23. The molecule has 23 heavy (non-hydrogen) atoms. The van der Waals surface area contributed by atoms with Crippen LogP contribution >= 0.6 is 0 Å². The zero-order chi connectivity index (χ0) is 18.9. The Balaban J connectivity index is 5.77. The van der Waals surface area contributed by atoms with Crippen LogP contribution < -0.4 is 5.73 Å². The molecule has 0 aliphatic rings. The first-order valence-corrected chi connectivity index (χ1v) is 9.30. The fourth-order valence-electron chi connectivity index (χ4n) is 4.17. The van der Waals surface area contributed by atoms with Gasteiger partial charge in [-0.15, -0.1) is 0 Å². The Kier molecular flexibility index (Phi) is 6.99. The first-order valence-electron chi connectivity index (χ1n) is 9.30. The summed E-state index contributed by atoms with van der Waals surface area (Å²) in [6.45, 7) is 25.0. The third kappa shape index (κ3) is 5.22. The molecule has 0 aromatic heterocycles. The molecule has 0 rings (SSSR count). The van der Waals surface area contributed by atoms with Crippen molar-refractivity contribution in [1.29, 1.82) is 0 Å². The van der Waals surface area contributed by atoms with E-state index in [1.807, 2.05) is 0 Å². The zero-order valence-corrected chi connectivity index (χ0v) is 17.8. The Hall–Kier alpha value is -0.530. The maximum Gasteiger partial charge on any atom is 0.221 e. The molecule has 2 heteroatoms. The molecule has 0 saturated carbocycles. The highest BCUT2D eigenvalue weighted by Gasteiger charge is 2.51. The molecule has 0 heterocycles. The smallest absolute Gasteiger partial charge is 0.221 e. The van der Waals surface area contributed by atoms with Crippen molar-refractivity contribution in [2.45, 2.75) is 95.4 Å². The van der Waals surface area contributed by atoms with Gasteiger partial charge in [-0.2, -0.15) is 0 Å². The van der Waals surface area contributed by atoms with Crippen LogP contribution in [0.25, 0.3) is 0 Å². The van der Waals surface area contributed by atoms with Crippen molar-refractivity contribution in [3.05, 3.63) is 0 Å². The van der Waals surface area contributed by atoms with E-state index in [4.69, 9.17) is 5.73 Å². The van der Waals surface area contributed by atoms with Gasteiger partial charge in [0.2, 0.25) is 5.91 Å². The highest BCUT2D eigenvalue weighted by Crippen LogP contribution is 2.56. The van der Waals surface area contributed by atoms with Crippen LogP contribution in [0.5, 0.6) is 0 Å². The molecule has 0 fully saturated rings. The summed E-state index contributed by atoms with van der Waals surface area (Å²) in [5.74, 6) is 0.225. The maximum absolute atomic E-state index is 12.3. The lowest BCUT2D eigenvalue weighted by molar-refractivity contribution is -0.135. The van der Waals surface area contributed by atoms with Crippen LogP contribution in [-0.2, 0) is 4.79 Å². The standard InChI is InChI=1S/C21H43NO/c1-12-13-19(6,7)15(2)20(8,9)21(10,11)16(17(22)23)14-18(3,4)5/h15-16H,12-14H2,1-11H3,(H2,22,23).